The van der Waals surface area contributed by atoms with Crippen LogP contribution in [0.1, 0.15) is 26.2 Å². The number of carbonyl (C=O) groups excluding carboxylic acids is 1. The average Bonchev–Trinajstić information content (AvgIpc) is 3.12. The van der Waals surface area contributed by atoms with Crippen LogP contribution in [-0.2, 0) is 9.53 Å². The Kier molecular flexibility index (Phi) is 3.99. The Balaban J connectivity index is 1.79. The van der Waals surface area contributed by atoms with Gasteiger partial charge in [0, 0.05) is 26.7 Å². The Hall–Kier alpha value is -1.30. The zero-order chi connectivity index (χ0) is 14.0. The van der Waals surface area contributed by atoms with Gasteiger partial charge in [-0.3, -0.25) is 4.79 Å². The lowest BCUT2D eigenvalue weighted by molar-refractivity contribution is -0.147. The van der Waals surface area contributed by atoms with Crippen molar-refractivity contribution in [3.05, 3.63) is 0 Å². The molecule has 0 spiro atoms. The summed E-state index contributed by atoms with van der Waals surface area (Å²) in [5.74, 6) is -0.274. The number of carbonyl (C=O) groups is 2. The van der Waals surface area contributed by atoms with Gasteiger partial charge in [0.1, 0.15) is 0 Å². The van der Waals surface area contributed by atoms with Gasteiger partial charge in [-0.15, -0.1) is 0 Å². The second-order valence-corrected chi connectivity index (χ2v) is 5.84. The van der Waals surface area contributed by atoms with Crippen molar-refractivity contribution >= 4 is 12.0 Å². The second-order valence-electron chi connectivity index (χ2n) is 5.84. The fraction of sp³-hybridized carbons (Fsp3) is 0.846. The van der Waals surface area contributed by atoms with Gasteiger partial charge in [0.25, 0.3) is 0 Å². The number of nitrogens with zero attached hydrogens (tertiary/aromatic N) is 1. The minimum absolute atomic E-state index is 0.0809. The lowest BCUT2D eigenvalue weighted by atomic mass is 9.90. The first-order valence-electron chi connectivity index (χ1n) is 6.75. The summed E-state index contributed by atoms with van der Waals surface area (Å²) in [4.78, 5) is 24.7. The molecule has 1 saturated heterocycles. The van der Waals surface area contributed by atoms with E-state index in [0.717, 1.165) is 12.8 Å². The molecule has 6 nitrogen and oxygen atoms in total. The Morgan fingerprint density at radius 3 is 2.68 bits per heavy atom. The summed E-state index contributed by atoms with van der Waals surface area (Å²) in [6, 6.07) is -0.187. The van der Waals surface area contributed by atoms with Gasteiger partial charge in [0.15, 0.2) is 0 Å². The van der Waals surface area contributed by atoms with Crippen LogP contribution in [0.3, 0.4) is 0 Å². The Bertz CT molecular complexity index is 370. The molecule has 0 aromatic rings. The first kappa shape index (κ1) is 14.1. The fourth-order valence-electron chi connectivity index (χ4n) is 2.52. The van der Waals surface area contributed by atoms with E-state index in [2.05, 4.69) is 5.32 Å². The third-order valence-corrected chi connectivity index (χ3v) is 4.18. The number of carboxylic acids is 1. The quantitative estimate of drug-likeness (QED) is 0.778. The van der Waals surface area contributed by atoms with E-state index in [-0.39, 0.29) is 18.7 Å². The predicted molar refractivity (Wildman–Crippen MR) is 68.9 cm³/mol. The zero-order valence-electron chi connectivity index (χ0n) is 11.5. The monoisotopic (exact) mass is 270 g/mol. The number of ether oxygens (including phenoxy) is 1. The van der Waals surface area contributed by atoms with Crippen LogP contribution in [0.25, 0.3) is 0 Å². The van der Waals surface area contributed by atoms with Crippen molar-refractivity contribution in [1.29, 1.82) is 0 Å². The summed E-state index contributed by atoms with van der Waals surface area (Å²) in [6.45, 7) is 2.95. The molecule has 0 aromatic carbocycles. The first-order chi connectivity index (χ1) is 8.96. The number of aliphatic carboxylic acids is 1. The van der Waals surface area contributed by atoms with Crippen LogP contribution in [-0.4, -0.2) is 54.9 Å². The van der Waals surface area contributed by atoms with Crippen molar-refractivity contribution in [2.24, 2.45) is 11.3 Å². The summed E-state index contributed by atoms with van der Waals surface area (Å²) >= 11 is 0. The summed E-state index contributed by atoms with van der Waals surface area (Å²) in [5, 5.41) is 12.0. The summed E-state index contributed by atoms with van der Waals surface area (Å²) in [6.07, 6.45) is 2.91. The van der Waals surface area contributed by atoms with Crippen molar-refractivity contribution in [2.45, 2.75) is 32.3 Å². The molecule has 6 heteroatoms. The molecule has 0 bridgehead atoms. The molecule has 0 radical (unpaired) electrons. The van der Waals surface area contributed by atoms with E-state index < -0.39 is 11.4 Å². The maximum atomic E-state index is 12.0. The van der Waals surface area contributed by atoms with Crippen molar-refractivity contribution in [3.63, 3.8) is 0 Å². The number of hydrogen-bond donors (Lipinski definition) is 2. The second kappa shape index (κ2) is 5.36. The molecule has 2 atom stereocenters. The number of urea groups is 1. The molecule has 19 heavy (non-hydrogen) atoms. The zero-order valence-corrected chi connectivity index (χ0v) is 11.5. The largest absolute Gasteiger partial charge is 0.481 e. The maximum Gasteiger partial charge on any atom is 0.317 e. The van der Waals surface area contributed by atoms with E-state index in [1.807, 2.05) is 0 Å². The van der Waals surface area contributed by atoms with Crippen molar-refractivity contribution in [3.8, 4) is 0 Å². The first-order valence-corrected chi connectivity index (χ1v) is 6.75. The molecular formula is C13H22N2O4. The van der Waals surface area contributed by atoms with Crippen LogP contribution in [0.15, 0.2) is 0 Å². The number of nitrogens with one attached hydrogen (secondary N) is 1. The fourth-order valence-corrected chi connectivity index (χ4v) is 2.52. The molecule has 1 aliphatic heterocycles. The Morgan fingerprint density at radius 2 is 2.21 bits per heavy atom. The molecule has 0 aromatic heterocycles. The highest BCUT2D eigenvalue weighted by Crippen LogP contribution is 2.34. The van der Waals surface area contributed by atoms with E-state index >= 15 is 0 Å². The molecule has 2 N–H and O–H groups in total. The normalized spacial score (nSPS) is 28.2. The number of carboxylic acid groups (broad SMARTS) is 1. The van der Waals surface area contributed by atoms with Crippen LogP contribution in [0.5, 0.6) is 0 Å². The highest BCUT2D eigenvalue weighted by Gasteiger charge is 2.42. The van der Waals surface area contributed by atoms with Crippen LogP contribution in [0.2, 0.25) is 0 Å². The third kappa shape index (κ3) is 3.18. The number of rotatable bonds is 5. The molecule has 2 amide bonds. The van der Waals surface area contributed by atoms with E-state index in [4.69, 9.17) is 9.84 Å². The van der Waals surface area contributed by atoms with Crippen molar-refractivity contribution in [2.75, 3.05) is 26.7 Å². The topological polar surface area (TPSA) is 78.9 Å². The summed E-state index contributed by atoms with van der Waals surface area (Å²) in [7, 11) is 1.66. The Morgan fingerprint density at radius 1 is 1.53 bits per heavy atom. The van der Waals surface area contributed by atoms with Crippen LogP contribution in [0.4, 0.5) is 4.79 Å². The molecule has 2 aliphatic rings. The average molecular weight is 270 g/mol. The van der Waals surface area contributed by atoms with E-state index in [1.54, 1.807) is 18.9 Å². The highest BCUT2D eigenvalue weighted by atomic mass is 16.5. The minimum Gasteiger partial charge on any atom is -0.481 e. The third-order valence-electron chi connectivity index (χ3n) is 4.18. The van der Waals surface area contributed by atoms with Gasteiger partial charge in [-0.1, -0.05) is 0 Å². The van der Waals surface area contributed by atoms with E-state index in [1.165, 1.54) is 0 Å². The van der Waals surface area contributed by atoms with Crippen LogP contribution in [0, 0.1) is 11.3 Å². The van der Waals surface area contributed by atoms with Gasteiger partial charge >= 0.3 is 12.0 Å². The van der Waals surface area contributed by atoms with Crippen molar-refractivity contribution in [1.82, 2.24) is 10.2 Å². The lowest BCUT2D eigenvalue weighted by Crippen LogP contribution is -2.44. The number of hydrogen-bond acceptors (Lipinski definition) is 3. The molecule has 108 valence electrons. The molecule has 2 rings (SSSR count). The van der Waals surface area contributed by atoms with Gasteiger partial charge < -0.3 is 20.1 Å². The van der Waals surface area contributed by atoms with Gasteiger partial charge in [-0.05, 0) is 32.1 Å². The van der Waals surface area contributed by atoms with Crippen LogP contribution >= 0.6 is 0 Å². The lowest BCUT2D eigenvalue weighted by Gasteiger charge is -2.22. The summed E-state index contributed by atoms with van der Waals surface area (Å²) in [5.41, 5.74) is -0.811. The highest BCUT2D eigenvalue weighted by molar-refractivity contribution is 5.79. The number of amides is 2. The SMILES string of the molecule is COC(CNC(=O)N1CCC(C)(C(=O)O)C1)C1CC1. The molecular weight excluding hydrogens is 248 g/mol. The number of likely N-dealkylation sites (tertiary alicyclic amines) is 1. The minimum atomic E-state index is -0.837. The van der Waals surface area contributed by atoms with E-state index in [0.29, 0.717) is 25.4 Å². The molecule has 1 saturated carbocycles. The molecule has 2 unspecified atom stereocenters. The molecule has 1 aliphatic carbocycles. The van der Waals surface area contributed by atoms with Gasteiger partial charge in [-0.2, -0.15) is 0 Å². The molecule has 2 fully saturated rings. The Labute approximate surface area is 113 Å². The summed E-state index contributed by atoms with van der Waals surface area (Å²) < 4.78 is 5.34. The van der Waals surface area contributed by atoms with Gasteiger partial charge in [0.05, 0.1) is 11.5 Å². The van der Waals surface area contributed by atoms with Gasteiger partial charge in [0.2, 0.25) is 0 Å². The van der Waals surface area contributed by atoms with Crippen LogP contribution < -0.4 is 5.32 Å². The predicted octanol–water partition coefficient (Wildman–Crippen LogP) is 0.918. The van der Waals surface area contributed by atoms with Crippen molar-refractivity contribution < 1.29 is 19.4 Å². The standard InChI is InChI=1S/C13H22N2O4/c1-13(11(16)17)5-6-15(8-13)12(18)14-7-10(19-2)9-3-4-9/h9-10H,3-8H2,1-2H3,(H,14,18)(H,16,17). The van der Waals surface area contributed by atoms with E-state index in [9.17, 15) is 9.59 Å². The molecule has 1 heterocycles. The number of methoxy groups -OCH3 is 1. The maximum absolute atomic E-state index is 12.0. The van der Waals surface area contributed by atoms with Gasteiger partial charge in [-0.25, -0.2) is 4.79 Å². The smallest absolute Gasteiger partial charge is 0.317 e.